The van der Waals surface area contributed by atoms with E-state index in [9.17, 15) is 9.59 Å². The van der Waals surface area contributed by atoms with Gasteiger partial charge < -0.3 is 20.1 Å². The van der Waals surface area contributed by atoms with Gasteiger partial charge in [0.2, 0.25) is 0 Å². The number of rotatable bonds is 9. The maximum atomic E-state index is 13.8. The van der Waals surface area contributed by atoms with Gasteiger partial charge in [-0.15, -0.1) is 0 Å². The molecule has 2 N–H and O–H groups in total. The molecular weight excluding hydrogens is 530 g/mol. The number of aryl methyl sites for hydroxylation is 2. The molecule has 0 radical (unpaired) electrons. The third-order valence-corrected chi connectivity index (χ3v) is 7.15. The van der Waals surface area contributed by atoms with Gasteiger partial charge in [-0.1, -0.05) is 12.1 Å². The molecule has 0 bridgehead atoms. The van der Waals surface area contributed by atoms with Crippen LogP contribution in [0.2, 0.25) is 0 Å². The van der Waals surface area contributed by atoms with Crippen molar-refractivity contribution in [2.75, 3.05) is 12.4 Å². The maximum absolute atomic E-state index is 13.8. The number of pyridine rings is 1. The van der Waals surface area contributed by atoms with E-state index in [1.54, 1.807) is 68.0 Å². The lowest BCUT2D eigenvalue weighted by Crippen LogP contribution is -2.24. The smallest absolute Gasteiger partial charge is 0.299 e. The highest BCUT2D eigenvalue weighted by atomic mass is 16.5. The third kappa shape index (κ3) is 5.85. The lowest BCUT2D eigenvalue weighted by Gasteiger charge is -2.15. The Morgan fingerprint density at radius 1 is 0.929 bits per heavy atom. The van der Waals surface area contributed by atoms with E-state index in [-0.39, 0.29) is 11.6 Å². The molecule has 9 nitrogen and oxygen atoms in total. The van der Waals surface area contributed by atoms with E-state index in [1.807, 2.05) is 24.3 Å². The van der Waals surface area contributed by atoms with Crippen molar-refractivity contribution in [1.82, 2.24) is 20.1 Å². The molecule has 42 heavy (non-hydrogen) atoms. The first-order valence-electron chi connectivity index (χ1n) is 13.7. The first-order valence-corrected chi connectivity index (χ1v) is 13.7. The van der Waals surface area contributed by atoms with Gasteiger partial charge in [0, 0.05) is 30.2 Å². The van der Waals surface area contributed by atoms with Crippen LogP contribution in [0.5, 0.6) is 17.2 Å². The van der Waals surface area contributed by atoms with Gasteiger partial charge >= 0.3 is 0 Å². The van der Waals surface area contributed by atoms with Crippen LogP contribution in [0.3, 0.4) is 0 Å². The second kappa shape index (κ2) is 12.0. The average Bonchev–Trinajstić information content (AvgIpc) is 3.51. The second-order valence-corrected chi connectivity index (χ2v) is 9.93. The lowest BCUT2D eigenvalue weighted by molar-refractivity contribution is 0.0951. The Bertz CT molecular complexity index is 1770. The number of benzene rings is 3. The van der Waals surface area contributed by atoms with Gasteiger partial charge in [-0.3, -0.25) is 14.6 Å². The summed E-state index contributed by atoms with van der Waals surface area (Å²) in [4.78, 5) is 30.5. The summed E-state index contributed by atoms with van der Waals surface area (Å²) < 4.78 is 12.8. The molecule has 2 heterocycles. The Hall–Kier alpha value is -5.44. The number of methoxy groups -OCH3 is 1. The van der Waals surface area contributed by atoms with E-state index in [0.29, 0.717) is 40.7 Å². The summed E-state index contributed by atoms with van der Waals surface area (Å²) in [5.74, 6) is 1.40. The summed E-state index contributed by atoms with van der Waals surface area (Å²) in [6, 6.07) is 23.7. The molecule has 1 aliphatic carbocycles. The molecule has 0 unspecified atom stereocenters. The number of carbonyl (C=O) groups is 1. The summed E-state index contributed by atoms with van der Waals surface area (Å²) in [7, 11) is 1.59. The summed E-state index contributed by atoms with van der Waals surface area (Å²) in [5, 5.41) is 10.5. The van der Waals surface area contributed by atoms with Gasteiger partial charge in [-0.05, 0) is 103 Å². The normalized spacial score (nSPS) is 11.9. The average molecular weight is 560 g/mol. The fourth-order valence-electron chi connectivity index (χ4n) is 4.91. The SMILES string of the molecule is COc1ccc(-n2ncc(Oc3ccc4c(c3)CCC4)c(Nc3ccc(C(=O)NCc4cccnc4)cc3)c2=O)cc1. The molecule has 0 saturated carbocycles. The van der Waals surface area contributed by atoms with Crippen molar-refractivity contribution < 1.29 is 14.3 Å². The van der Waals surface area contributed by atoms with Crippen LogP contribution >= 0.6 is 0 Å². The summed E-state index contributed by atoms with van der Waals surface area (Å²) in [5.41, 5.74) is 5.01. The number of fused-ring (bicyclic) bond motifs is 1. The van der Waals surface area contributed by atoms with Crippen LogP contribution < -0.4 is 25.7 Å². The highest BCUT2D eigenvalue weighted by Gasteiger charge is 2.18. The minimum atomic E-state index is -0.392. The van der Waals surface area contributed by atoms with Crippen molar-refractivity contribution in [1.29, 1.82) is 0 Å². The van der Waals surface area contributed by atoms with E-state index in [2.05, 4.69) is 26.8 Å². The predicted octanol–water partition coefficient (Wildman–Crippen LogP) is 5.59. The Balaban J connectivity index is 1.28. The zero-order chi connectivity index (χ0) is 28.9. The van der Waals surface area contributed by atoms with Gasteiger partial charge in [0.25, 0.3) is 11.5 Å². The number of nitrogens with one attached hydrogen (secondary N) is 2. The molecule has 3 aromatic carbocycles. The molecule has 0 spiro atoms. The standard InChI is InChI=1S/C33H29N5O4/c1-41-28-15-12-27(13-16-28)38-33(40)31(30(21-36-38)42-29-14-9-23-5-2-6-25(23)18-29)37-26-10-7-24(8-11-26)32(39)35-20-22-4-3-17-34-19-22/h3-4,7-19,21,37H,2,5-6,20H2,1H3,(H,35,39). The predicted molar refractivity (Wildman–Crippen MR) is 160 cm³/mol. The molecule has 0 saturated heterocycles. The minimum Gasteiger partial charge on any atom is -0.497 e. The molecule has 210 valence electrons. The van der Waals surface area contributed by atoms with Crippen LogP contribution in [0, 0.1) is 0 Å². The van der Waals surface area contributed by atoms with Crippen molar-refractivity contribution in [3.8, 4) is 22.9 Å². The quantitative estimate of drug-likeness (QED) is 0.242. The third-order valence-electron chi connectivity index (χ3n) is 7.15. The molecule has 0 atom stereocenters. The number of amides is 1. The molecule has 1 amide bonds. The van der Waals surface area contributed by atoms with Gasteiger partial charge in [-0.25, -0.2) is 0 Å². The van der Waals surface area contributed by atoms with E-state index in [1.165, 1.54) is 22.0 Å². The Labute approximate surface area is 242 Å². The van der Waals surface area contributed by atoms with Crippen LogP contribution in [0.1, 0.15) is 33.5 Å². The zero-order valence-electron chi connectivity index (χ0n) is 23.0. The number of aromatic nitrogens is 3. The first-order chi connectivity index (χ1) is 20.6. The summed E-state index contributed by atoms with van der Waals surface area (Å²) in [6.07, 6.45) is 8.14. The van der Waals surface area contributed by atoms with Crippen molar-refractivity contribution in [2.24, 2.45) is 0 Å². The van der Waals surface area contributed by atoms with E-state index in [4.69, 9.17) is 9.47 Å². The first kappa shape index (κ1) is 26.8. The number of ether oxygens (including phenoxy) is 2. The molecule has 1 aliphatic rings. The Morgan fingerprint density at radius 2 is 1.71 bits per heavy atom. The fourth-order valence-corrected chi connectivity index (χ4v) is 4.91. The number of hydrogen-bond acceptors (Lipinski definition) is 7. The number of nitrogens with zero attached hydrogens (tertiary/aromatic N) is 3. The summed E-state index contributed by atoms with van der Waals surface area (Å²) >= 11 is 0. The topological polar surface area (TPSA) is 107 Å². The van der Waals surface area contributed by atoms with Gasteiger partial charge in [-0.2, -0.15) is 9.78 Å². The maximum Gasteiger partial charge on any atom is 0.299 e. The molecule has 0 aliphatic heterocycles. The monoisotopic (exact) mass is 559 g/mol. The lowest BCUT2D eigenvalue weighted by atomic mass is 10.1. The molecule has 9 heteroatoms. The van der Waals surface area contributed by atoms with E-state index >= 15 is 0 Å². The van der Waals surface area contributed by atoms with Crippen molar-refractivity contribution in [3.63, 3.8) is 0 Å². The molecular formula is C33H29N5O4. The van der Waals surface area contributed by atoms with Gasteiger partial charge in [0.1, 0.15) is 11.5 Å². The van der Waals surface area contributed by atoms with Crippen molar-refractivity contribution in [2.45, 2.75) is 25.8 Å². The molecule has 5 aromatic rings. The Kier molecular flexibility index (Phi) is 7.63. The molecule has 6 rings (SSSR count). The van der Waals surface area contributed by atoms with Gasteiger partial charge in [0.05, 0.1) is 19.0 Å². The van der Waals surface area contributed by atoms with Crippen LogP contribution in [0.15, 0.2) is 102 Å². The largest absolute Gasteiger partial charge is 0.497 e. The highest BCUT2D eigenvalue weighted by Crippen LogP contribution is 2.32. The molecule has 0 fully saturated rings. The minimum absolute atomic E-state index is 0.211. The van der Waals surface area contributed by atoms with E-state index < -0.39 is 5.56 Å². The van der Waals surface area contributed by atoms with Crippen LogP contribution in [0.25, 0.3) is 5.69 Å². The van der Waals surface area contributed by atoms with E-state index in [0.717, 1.165) is 24.8 Å². The Morgan fingerprint density at radius 3 is 2.48 bits per heavy atom. The second-order valence-electron chi connectivity index (χ2n) is 9.93. The summed E-state index contributed by atoms with van der Waals surface area (Å²) in [6.45, 7) is 0.373. The van der Waals surface area contributed by atoms with Crippen LogP contribution in [-0.2, 0) is 19.4 Å². The number of anilines is 2. The fraction of sp³-hybridized carbons (Fsp3) is 0.152. The zero-order valence-corrected chi connectivity index (χ0v) is 23.0. The van der Waals surface area contributed by atoms with Crippen molar-refractivity contribution in [3.05, 3.63) is 130 Å². The highest BCUT2D eigenvalue weighted by molar-refractivity contribution is 5.94. The van der Waals surface area contributed by atoms with Crippen LogP contribution in [-0.4, -0.2) is 27.8 Å². The van der Waals surface area contributed by atoms with Crippen LogP contribution in [0.4, 0.5) is 11.4 Å². The van der Waals surface area contributed by atoms with Gasteiger partial charge in [0.15, 0.2) is 11.4 Å². The molecule has 2 aromatic heterocycles. The van der Waals surface area contributed by atoms with Crippen molar-refractivity contribution >= 4 is 17.3 Å². The number of carbonyl (C=O) groups excluding carboxylic acids is 1. The number of hydrogen-bond donors (Lipinski definition) is 2.